The lowest BCUT2D eigenvalue weighted by molar-refractivity contribution is 0.492. The van der Waals surface area contributed by atoms with Gasteiger partial charge in [0.15, 0.2) is 17.5 Å². The van der Waals surface area contributed by atoms with Gasteiger partial charge in [-0.05, 0) is 6.07 Å². The molecule has 0 heterocycles. The van der Waals surface area contributed by atoms with Crippen molar-refractivity contribution >= 4 is 5.69 Å². The Hall–Kier alpha value is -3.13. The van der Waals surface area contributed by atoms with Gasteiger partial charge in [0.2, 0.25) is 0 Å². The number of anilines is 1. The van der Waals surface area contributed by atoms with Gasteiger partial charge in [-0.3, -0.25) is 0 Å². The monoisotopic (exact) mass is 323 g/mol. The van der Waals surface area contributed by atoms with Crippen molar-refractivity contribution in [3.8, 4) is 12.1 Å². The van der Waals surface area contributed by atoms with Crippen LogP contribution in [0.4, 0.5) is 27.6 Å². The fraction of sp³-hybridized carbons (Fsp3) is 0.0667. The smallest absolute Gasteiger partial charge is 0.184 e. The summed E-state index contributed by atoms with van der Waals surface area (Å²) in [6.45, 7) is -0.456. The molecule has 0 aliphatic carbocycles. The molecule has 0 aromatic heterocycles. The summed E-state index contributed by atoms with van der Waals surface area (Å²) < 4.78 is 67.6. The number of nitrogens with one attached hydrogen (secondary N) is 1. The van der Waals surface area contributed by atoms with E-state index in [1.54, 1.807) is 0 Å². The van der Waals surface area contributed by atoms with E-state index in [0.29, 0.717) is 6.07 Å². The first-order chi connectivity index (χ1) is 10.9. The molecular weight excluding hydrogens is 317 g/mol. The predicted octanol–water partition coefficient (Wildman–Crippen LogP) is 3.74. The van der Waals surface area contributed by atoms with Crippen molar-refractivity contribution in [3.63, 3.8) is 0 Å². The fourth-order valence-electron chi connectivity index (χ4n) is 1.88. The first-order valence-corrected chi connectivity index (χ1v) is 6.09. The molecule has 0 aliphatic rings. The van der Waals surface area contributed by atoms with Crippen LogP contribution in [0.5, 0.6) is 0 Å². The number of nitriles is 2. The molecule has 2 rings (SSSR count). The second kappa shape index (κ2) is 6.32. The highest BCUT2D eigenvalue weighted by molar-refractivity contribution is 5.62. The van der Waals surface area contributed by atoms with Crippen LogP contribution in [-0.4, -0.2) is 0 Å². The minimum Gasteiger partial charge on any atom is -0.377 e. The van der Waals surface area contributed by atoms with E-state index in [0.717, 1.165) is 18.2 Å². The molecule has 2 aromatic rings. The molecule has 0 saturated carbocycles. The van der Waals surface area contributed by atoms with Gasteiger partial charge in [0.25, 0.3) is 0 Å². The van der Waals surface area contributed by atoms with E-state index in [4.69, 9.17) is 10.5 Å². The first kappa shape index (κ1) is 16.2. The van der Waals surface area contributed by atoms with Gasteiger partial charge in [0.1, 0.15) is 34.9 Å². The van der Waals surface area contributed by atoms with Crippen LogP contribution in [0.15, 0.2) is 18.2 Å². The van der Waals surface area contributed by atoms with Crippen molar-refractivity contribution in [2.45, 2.75) is 6.54 Å². The molecule has 0 bridgehead atoms. The second-order valence-corrected chi connectivity index (χ2v) is 4.38. The van der Waals surface area contributed by atoms with E-state index in [1.165, 1.54) is 6.07 Å². The first-order valence-electron chi connectivity index (χ1n) is 6.09. The van der Waals surface area contributed by atoms with Crippen LogP contribution < -0.4 is 5.32 Å². The Bertz CT molecular complexity index is 865. The Morgan fingerprint density at radius 2 is 1.52 bits per heavy atom. The molecule has 0 radical (unpaired) electrons. The molecule has 116 valence electrons. The van der Waals surface area contributed by atoms with Crippen LogP contribution in [0.25, 0.3) is 0 Å². The average molecular weight is 323 g/mol. The maximum Gasteiger partial charge on any atom is 0.184 e. The highest BCUT2D eigenvalue weighted by atomic mass is 19.2. The van der Waals surface area contributed by atoms with E-state index >= 15 is 0 Å². The van der Waals surface area contributed by atoms with Crippen LogP contribution in [0.2, 0.25) is 0 Å². The Morgan fingerprint density at radius 1 is 0.870 bits per heavy atom. The molecule has 0 amide bonds. The zero-order valence-electron chi connectivity index (χ0n) is 11.2. The number of hydrogen-bond donors (Lipinski definition) is 1. The van der Waals surface area contributed by atoms with Gasteiger partial charge >= 0.3 is 0 Å². The highest BCUT2D eigenvalue weighted by Gasteiger charge is 2.25. The number of nitrogens with zero attached hydrogens (tertiary/aromatic N) is 2. The zero-order chi connectivity index (χ0) is 17.1. The normalized spacial score (nSPS) is 10.0. The van der Waals surface area contributed by atoms with Crippen molar-refractivity contribution < 1.29 is 22.0 Å². The molecule has 3 nitrogen and oxygen atoms in total. The molecule has 0 spiro atoms. The van der Waals surface area contributed by atoms with E-state index in [2.05, 4.69) is 5.32 Å². The van der Waals surface area contributed by atoms with Crippen molar-refractivity contribution in [2.24, 2.45) is 0 Å². The lowest BCUT2D eigenvalue weighted by Gasteiger charge is -2.12. The molecule has 0 fully saturated rings. The molecule has 23 heavy (non-hydrogen) atoms. The van der Waals surface area contributed by atoms with E-state index in [-0.39, 0.29) is 5.56 Å². The van der Waals surface area contributed by atoms with Crippen LogP contribution in [0.3, 0.4) is 0 Å². The van der Waals surface area contributed by atoms with Crippen molar-refractivity contribution in [1.29, 1.82) is 10.5 Å². The van der Waals surface area contributed by atoms with Gasteiger partial charge in [-0.15, -0.1) is 0 Å². The van der Waals surface area contributed by atoms with E-state index < -0.39 is 52.4 Å². The summed E-state index contributed by atoms with van der Waals surface area (Å²) in [5.74, 6) is -6.69. The van der Waals surface area contributed by atoms with Crippen molar-refractivity contribution in [3.05, 3.63) is 64.0 Å². The summed E-state index contributed by atoms with van der Waals surface area (Å²) in [4.78, 5) is 0. The molecule has 0 saturated heterocycles. The zero-order valence-corrected chi connectivity index (χ0v) is 11.2. The van der Waals surface area contributed by atoms with Gasteiger partial charge in [0, 0.05) is 18.2 Å². The van der Waals surface area contributed by atoms with Crippen molar-refractivity contribution in [2.75, 3.05) is 5.32 Å². The minimum absolute atomic E-state index is 0.111. The Morgan fingerprint density at radius 3 is 2.09 bits per heavy atom. The Balaban J connectivity index is 2.45. The fourth-order valence-corrected chi connectivity index (χ4v) is 1.88. The van der Waals surface area contributed by atoms with Crippen LogP contribution in [-0.2, 0) is 6.54 Å². The molecule has 8 heteroatoms. The van der Waals surface area contributed by atoms with E-state index in [1.807, 2.05) is 0 Å². The number of halogens is 5. The third-order valence-corrected chi connectivity index (χ3v) is 3.02. The predicted molar refractivity (Wildman–Crippen MR) is 69.4 cm³/mol. The molecule has 1 N–H and O–H groups in total. The molecule has 0 aliphatic heterocycles. The summed E-state index contributed by atoms with van der Waals surface area (Å²) in [5.41, 5.74) is -3.09. The van der Waals surface area contributed by atoms with Gasteiger partial charge in [-0.2, -0.15) is 10.5 Å². The summed E-state index contributed by atoms with van der Waals surface area (Å²) in [7, 11) is 0. The molecule has 0 atom stereocenters. The largest absolute Gasteiger partial charge is 0.377 e. The maximum atomic E-state index is 13.9. The number of rotatable bonds is 3. The minimum atomic E-state index is -1.76. The Labute approximate surface area is 127 Å². The molecule has 0 unspecified atom stereocenters. The number of benzene rings is 2. The Kier molecular flexibility index (Phi) is 4.47. The van der Waals surface area contributed by atoms with Crippen LogP contribution in [0.1, 0.15) is 16.7 Å². The van der Waals surface area contributed by atoms with E-state index in [9.17, 15) is 22.0 Å². The van der Waals surface area contributed by atoms with Crippen LogP contribution >= 0.6 is 0 Å². The SMILES string of the molecule is N#Cc1c(F)c(F)c(NCc2ccc(F)cc2F)c(C#N)c1F. The third-order valence-electron chi connectivity index (χ3n) is 3.02. The lowest BCUT2D eigenvalue weighted by Crippen LogP contribution is -2.10. The summed E-state index contributed by atoms with van der Waals surface area (Å²) >= 11 is 0. The highest BCUT2D eigenvalue weighted by Crippen LogP contribution is 2.29. The molecular formula is C15H6F5N3. The quantitative estimate of drug-likeness (QED) is 0.691. The summed E-state index contributed by atoms with van der Waals surface area (Å²) in [6.07, 6.45) is 0. The number of hydrogen-bond acceptors (Lipinski definition) is 3. The van der Waals surface area contributed by atoms with Gasteiger partial charge in [-0.1, -0.05) is 6.07 Å². The molecule has 2 aromatic carbocycles. The standard InChI is InChI=1S/C15H6F5N3/c16-8-2-1-7(11(17)3-8)6-23-15-10(5-22)12(18)9(4-21)13(19)14(15)20/h1-3,23H,6H2. The maximum absolute atomic E-state index is 13.9. The lowest BCUT2D eigenvalue weighted by atomic mass is 10.1. The second-order valence-electron chi connectivity index (χ2n) is 4.38. The topological polar surface area (TPSA) is 59.6 Å². The summed E-state index contributed by atoms with van der Waals surface area (Å²) in [5, 5.41) is 19.7. The van der Waals surface area contributed by atoms with Crippen molar-refractivity contribution in [1.82, 2.24) is 0 Å². The van der Waals surface area contributed by atoms with Gasteiger partial charge in [-0.25, -0.2) is 22.0 Å². The average Bonchev–Trinajstić information content (AvgIpc) is 2.51. The van der Waals surface area contributed by atoms with Gasteiger partial charge < -0.3 is 5.32 Å². The van der Waals surface area contributed by atoms with Crippen LogP contribution in [0, 0.1) is 51.7 Å². The third kappa shape index (κ3) is 2.92. The summed E-state index contributed by atoms with van der Waals surface area (Å²) in [6, 6.07) is 5.02. The van der Waals surface area contributed by atoms with Gasteiger partial charge in [0.05, 0.1) is 5.69 Å².